The third kappa shape index (κ3) is 3.85. The molecule has 30 heavy (non-hydrogen) atoms. The van der Waals surface area contributed by atoms with Crippen molar-refractivity contribution in [3.05, 3.63) is 76.9 Å². The summed E-state index contributed by atoms with van der Waals surface area (Å²) in [6, 6.07) is 19.6. The summed E-state index contributed by atoms with van der Waals surface area (Å²) in [5.74, 6) is 0.0548. The van der Waals surface area contributed by atoms with Crippen molar-refractivity contribution in [3.8, 4) is 16.9 Å². The van der Waals surface area contributed by atoms with Gasteiger partial charge in [0.05, 0.1) is 11.3 Å². The van der Waals surface area contributed by atoms with E-state index in [4.69, 9.17) is 11.6 Å². The van der Waals surface area contributed by atoms with E-state index in [1.165, 1.54) is 0 Å². The van der Waals surface area contributed by atoms with Gasteiger partial charge in [-0.05, 0) is 42.8 Å². The summed E-state index contributed by atoms with van der Waals surface area (Å²) in [5, 5.41) is 0.674. The molecule has 1 aliphatic heterocycles. The fourth-order valence-electron chi connectivity index (χ4n) is 3.96. The molecule has 0 spiro atoms. The molecule has 1 aromatic heterocycles. The topological polar surface area (TPSA) is 45.6 Å². The number of amides is 2. The maximum absolute atomic E-state index is 13.4. The predicted molar refractivity (Wildman–Crippen MR) is 119 cm³/mol. The molecular formula is C24H24ClN3O2. The molecule has 0 bridgehead atoms. The Morgan fingerprint density at radius 3 is 2.07 bits per heavy atom. The van der Waals surface area contributed by atoms with E-state index in [0.717, 1.165) is 22.6 Å². The monoisotopic (exact) mass is 421 g/mol. The van der Waals surface area contributed by atoms with Crippen LogP contribution >= 0.6 is 11.6 Å². The van der Waals surface area contributed by atoms with E-state index in [0.29, 0.717) is 36.8 Å². The number of nitrogens with zero attached hydrogens (tertiary/aromatic N) is 3. The maximum atomic E-state index is 13.4. The Kier molecular flexibility index (Phi) is 5.64. The van der Waals surface area contributed by atoms with Crippen molar-refractivity contribution < 1.29 is 9.59 Å². The second-order valence-electron chi connectivity index (χ2n) is 7.50. The zero-order valence-electron chi connectivity index (χ0n) is 17.1. The first-order valence-electron chi connectivity index (χ1n) is 10.0. The van der Waals surface area contributed by atoms with E-state index in [9.17, 15) is 9.59 Å². The van der Waals surface area contributed by atoms with Crippen molar-refractivity contribution in [3.63, 3.8) is 0 Å². The van der Waals surface area contributed by atoms with Gasteiger partial charge in [0.1, 0.15) is 0 Å². The number of rotatable bonds is 3. The lowest BCUT2D eigenvalue weighted by Gasteiger charge is -2.34. The van der Waals surface area contributed by atoms with Gasteiger partial charge < -0.3 is 14.4 Å². The molecule has 0 aliphatic carbocycles. The molecule has 1 aliphatic rings. The Bertz CT molecular complexity index is 1070. The molecule has 5 nitrogen and oxygen atoms in total. The first kappa shape index (κ1) is 20.2. The van der Waals surface area contributed by atoms with Crippen molar-refractivity contribution in [1.29, 1.82) is 0 Å². The molecule has 0 N–H and O–H groups in total. The van der Waals surface area contributed by atoms with Crippen molar-refractivity contribution >= 4 is 23.4 Å². The Labute approximate surface area is 181 Å². The normalized spacial score (nSPS) is 14.1. The molecule has 1 saturated heterocycles. The highest BCUT2D eigenvalue weighted by Crippen LogP contribution is 2.31. The van der Waals surface area contributed by atoms with Crippen molar-refractivity contribution in [2.75, 3.05) is 26.2 Å². The summed E-state index contributed by atoms with van der Waals surface area (Å²) in [5.41, 5.74) is 4.51. The first-order valence-corrected chi connectivity index (χ1v) is 10.4. The molecule has 154 valence electrons. The average Bonchev–Trinajstić information content (AvgIpc) is 3.11. The van der Waals surface area contributed by atoms with Crippen LogP contribution in [0.1, 0.15) is 23.0 Å². The SMILES string of the molecule is CC(=O)N1CCN(C(=O)c2cc(-c3ccc(Cl)cc3)n(-c3ccccc3)c2C)CC1. The fourth-order valence-corrected chi connectivity index (χ4v) is 4.09. The van der Waals surface area contributed by atoms with Crippen LogP contribution in [0.3, 0.4) is 0 Å². The molecule has 0 saturated carbocycles. The highest BCUT2D eigenvalue weighted by molar-refractivity contribution is 6.30. The Morgan fingerprint density at radius 2 is 1.47 bits per heavy atom. The van der Waals surface area contributed by atoms with Crippen LogP contribution in [0.2, 0.25) is 5.02 Å². The molecule has 6 heteroatoms. The van der Waals surface area contributed by atoms with E-state index in [2.05, 4.69) is 4.57 Å². The Hall–Kier alpha value is -3.05. The molecule has 3 aromatic rings. The van der Waals surface area contributed by atoms with E-state index in [1.807, 2.05) is 72.5 Å². The van der Waals surface area contributed by atoms with Crippen LogP contribution in [-0.2, 0) is 4.79 Å². The van der Waals surface area contributed by atoms with Gasteiger partial charge in [0.2, 0.25) is 5.91 Å². The smallest absolute Gasteiger partial charge is 0.255 e. The third-order valence-electron chi connectivity index (χ3n) is 5.64. The van der Waals surface area contributed by atoms with Crippen molar-refractivity contribution in [2.45, 2.75) is 13.8 Å². The highest BCUT2D eigenvalue weighted by Gasteiger charge is 2.27. The summed E-state index contributed by atoms with van der Waals surface area (Å²) < 4.78 is 2.11. The first-order chi connectivity index (χ1) is 14.5. The number of carbonyl (C=O) groups is 2. The van der Waals surface area contributed by atoms with Gasteiger partial charge in [-0.1, -0.05) is 41.9 Å². The molecule has 2 heterocycles. The van der Waals surface area contributed by atoms with E-state index in [1.54, 1.807) is 11.8 Å². The van der Waals surface area contributed by atoms with Gasteiger partial charge in [0.25, 0.3) is 5.91 Å². The molecule has 0 unspecified atom stereocenters. The lowest BCUT2D eigenvalue weighted by atomic mass is 10.1. The number of aromatic nitrogens is 1. The second kappa shape index (κ2) is 8.36. The molecule has 1 fully saturated rings. The second-order valence-corrected chi connectivity index (χ2v) is 7.94. The minimum atomic E-state index is 0.000552. The van der Waals surface area contributed by atoms with Crippen LogP contribution in [-0.4, -0.2) is 52.4 Å². The lowest BCUT2D eigenvalue weighted by molar-refractivity contribution is -0.130. The molecule has 4 rings (SSSR count). The third-order valence-corrected chi connectivity index (χ3v) is 5.90. The predicted octanol–water partition coefficient (Wildman–Crippen LogP) is 4.41. The number of benzene rings is 2. The quantitative estimate of drug-likeness (QED) is 0.628. The summed E-state index contributed by atoms with van der Waals surface area (Å²) in [7, 11) is 0. The van der Waals surface area contributed by atoms with E-state index < -0.39 is 0 Å². The molecule has 2 aromatic carbocycles. The highest BCUT2D eigenvalue weighted by atomic mass is 35.5. The van der Waals surface area contributed by atoms with Crippen molar-refractivity contribution in [2.24, 2.45) is 0 Å². The van der Waals surface area contributed by atoms with Crippen LogP contribution in [0.4, 0.5) is 0 Å². The zero-order chi connectivity index (χ0) is 21.3. The number of halogens is 1. The molecule has 0 radical (unpaired) electrons. The minimum absolute atomic E-state index is 0.000552. The van der Waals surface area contributed by atoms with Crippen molar-refractivity contribution in [1.82, 2.24) is 14.4 Å². The summed E-state index contributed by atoms with van der Waals surface area (Å²) >= 11 is 6.08. The number of hydrogen-bond acceptors (Lipinski definition) is 2. The van der Waals surface area contributed by atoms with Gasteiger partial charge in [-0.25, -0.2) is 0 Å². The molecular weight excluding hydrogens is 398 g/mol. The maximum Gasteiger partial charge on any atom is 0.255 e. The van der Waals surface area contributed by atoms with Gasteiger partial charge in [-0.2, -0.15) is 0 Å². The Balaban J connectivity index is 1.73. The van der Waals surface area contributed by atoms with Crippen LogP contribution in [0.5, 0.6) is 0 Å². The molecule has 2 amide bonds. The van der Waals surface area contributed by atoms with E-state index in [-0.39, 0.29) is 11.8 Å². The van der Waals surface area contributed by atoms with Gasteiger partial charge in [-0.3, -0.25) is 9.59 Å². The van der Waals surface area contributed by atoms with E-state index >= 15 is 0 Å². The van der Waals surface area contributed by atoms with Crippen LogP contribution < -0.4 is 0 Å². The van der Waals surface area contributed by atoms with Gasteiger partial charge >= 0.3 is 0 Å². The lowest BCUT2D eigenvalue weighted by Crippen LogP contribution is -2.50. The van der Waals surface area contributed by atoms with Gasteiger partial charge in [0.15, 0.2) is 0 Å². The van der Waals surface area contributed by atoms with Crippen LogP contribution in [0.25, 0.3) is 16.9 Å². The van der Waals surface area contributed by atoms with Crippen LogP contribution in [0.15, 0.2) is 60.7 Å². The summed E-state index contributed by atoms with van der Waals surface area (Å²) in [4.78, 5) is 28.6. The van der Waals surface area contributed by atoms with Crippen LogP contribution in [0, 0.1) is 6.92 Å². The van der Waals surface area contributed by atoms with Gasteiger partial charge in [0, 0.05) is 49.5 Å². The minimum Gasteiger partial charge on any atom is -0.339 e. The number of carbonyl (C=O) groups excluding carboxylic acids is 2. The summed E-state index contributed by atoms with van der Waals surface area (Å²) in [6.07, 6.45) is 0. The largest absolute Gasteiger partial charge is 0.339 e. The standard InChI is InChI=1S/C24H24ClN3O2/c1-17-22(24(30)27-14-12-26(13-15-27)18(2)29)16-23(19-8-10-20(25)11-9-19)28(17)21-6-4-3-5-7-21/h3-11,16H,12-15H2,1-2H3. The number of hydrogen-bond donors (Lipinski definition) is 0. The number of piperazine rings is 1. The zero-order valence-corrected chi connectivity index (χ0v) is 17.9. The Morgan fingerprint density at radius 1 is 0.867 bits per heavy atom. The summed E-state index contributed by atoms with van der Waals surface area (Å²) in [6.45, 7) is 5.79. The van der Waals surface area contributed by atoms with Gasteiger partial charge in [-0.15, -0.1) is 0 Å². The fraction of sp³-hybridized carbons (Fsp3) is 0.250. The molecule has 0 atom stereocenters. The number of para-hydroxylation sites is 1. The average molecular weight is 422 g/mol.